The van der Waals surface area contributed by atoms with Gasteiger partial charge < -0.3 is 9.47 Å². The first-order chi connectivity index (χ1) is 9.31. The van der Waals surface area contributed by atoms with Crippen LogP contribution in [0, 0.1) is 5.82 Å². The number of halogens is 1. The summed E-state index contributed by atoms with van der Waals surface area (Å²) in [5, 5.41) is -0.944. The van der Waals surface area contributed by atoms with E-state index in [9.17, 15) is 17.6 Å². The molecule has 0 radical (unpaired) electrons. The summed E-state index contributed by atoms with van der Waals surface area (Å²) in [5.74, 6) is -1.83. The normalized spacial score (nSPS) is 12.8. The van der Waals surface area contributed by atoms with Crippen LogP contribution in [0.15, 0.2) is 18.2 Å². The second-order valence-corrected chi connectivity index (χ2v) is 6.75. The van der Waals surface area contributed by atoms with E-state index >= 15 is 0 Å². The molecule has 1 rings (SSSR count). The summed E-state index contributed by atoms with van der Waals surface area (Å²) in [6.45, 7) is 1.39. The van der Waals surface area contributed by atoms with Crippen molar-refractivity contribution < 1.29 is 27.1 Å². The third-order valence-corrected chi connectivity index (χ3v) is 5.02. The number of esters is 1. The lowest BCUT2D eigenvalue weighted by molar-refractivity contribution is -0.140. The Hall–Kier alpha value is -1.63. The summed E-state index contributed by atoms with van der Waals surface area (Å²) in [4.78, 5) is 11.1. The molecule has 0 fully saturated rings. The maximum absolute atomic E-state index is 13.9. The van der Waals surface area contributed by atoms with E-state index in [1.165, 1.54) is 39.3 Å². The molecule has 1 aromatic carbocycles. The summed E-state index contributed by atoms with van der Waals surface area (Å²) < 4.78 is 47.3. The maximum atomic E-state index is 13.9. The molecule has 0 spiro atoms. The van der Waals surface area contributed by atoms with E-state index in [0.717, 1.165) is 0 Å². The summed E-state index contributed by atoms with van der Waals surface area (Å²) in [6.07, 6.45) is -0.260. The number of hydrogen-bond donors (Lipinski definition) is 0. The monoisotopic (exact) mass is 304 g/mol. The van der Waals surface area contributed by atoms with Gasteiger partial charge in [0.1, 0.15) is 0 Å². The Morgan fingerprint density at radius 1 is 1.35 bits per heavy atom. The standard InChI is InChI=1S/C13H17FO5S/c1-9(7-12(15)19-3)20(16,17)8-10-5-4-6-11(18-2)13(10)14/h4-6,9H,7-8H2,1-3H3. The van der Waals surface area contributed by atoms with Crippen molar-refractivity contribution in [3.63, 3.8) is 0 Å². The Kier molecular flexibility index (Phi) is 5.50. The highest BCUT2D eigenvalue weighted by molar-refractivity contribution is 7.91. The minimum Gasteiger partial charge on any atom is -0.494 e. The molecular weight excluding hydrogens is 287 g/mol. The molecule has 0 aliphatic heterocycles. The van der Waals surface area contributed by atoms with E-state index in [0.29, 0.717) is 0 Å². The highest BCUT2D eigenvalue weighted by Gasteiger charge is 2.26. The summed E-state index contributed by atoms with van der Waals surface area (Å²) in [6, 6.07) is 4.29. The van der Waals surface area contributed by atoms with Crippen LogP contribution in [0.3, 0.4) is 0 Å². The molecule has 0 amide bonds. The van der Waals surface area contributed by atoms with Gasteiger partial charge in [-0.15, -0.1) is 0 Å². The highest BCUT2D eigenvalue weighted by Crippen LogP contribution is 2.23. The third-order valence-electron chi connectivity index (χ3n) is 2.91. The van der Waals surface area contributed by atoms with Crippen LogP contribution in [0.5, 0.6) is 5.75 Å². The number of sulfone groups is 1. The summed E-state index contributed by atoms with van der Waals surface area (Å²) in [7, 11) is -1.18. The van der Waals surface area contributed by atoms with Crippen molar-refractivity contribution in [3.05, 3.63) is 29.6 Å². The van der Waals surface area contributed by atoms with Gasteiger partial charge in [0.25, 0.3) is 0 Å². The number of carbonyl (C=O) groups excluding carboxylic acids is 1. The van der Waals surface area contributed by atoms with Crippen molar-refractivity contribution in [3.8, 4) is 5.75 Å². The third kappa shape index (κ3) is 3.93. The second kappa shape index (κ2) is 6.69. The fraction of sp³-hybridized carbons (Fsp3) is 0.462. The zero-order valence-corrected chi connectivity index (χ0v) is 12.4. The maximum Gasteiger partial charge on any atom is 0.306 e. The number of hydrogen-bond acceptors (Lipinski definition) is 5. The average Bonchev–Trinajstić information content (AvgIpc) is 2.40. The molecule has 20 heavy (non-hydrogen) atoms. The number of rotatable bonds is 6. The van der Waals surface area contributed by atoms with E-state index in [-0.39, 0.29) is 17.7 Å². The minimum atomic E-state index is -3.66. The zero-order valence-electron chi connectivity index (χ0n) is 11.6. The number of methoxy groups -OCH3 is 2. The van der Waals surface area contributed by atoms with Crippen LogP contribution in [0.2, 0.25) is 0 Å². The fourth-order valence-corrected chi connectivity index (χ4v) is 2.96. The van der Waals surface area contributed by atoms with E-state index in [2.05, 4.69) is 4.74 Å². The van der Waals surface area contributed by atoms with Gasteiger partial charge in [0.05, 0.1) is 31.6 Å². The molecule has 0 bridgehead atoms. The smallest absolute Gasteiger partial charge is 0.306 e. The van der Waals surface area contributed by atoms with Gasteiger partial charge in [0.15, 0.2) is 21.4 Å². The highest BCUT2D eigenvalue weighted by atomic mass is 32.2. The van der Waals surface area contributed by atoms with Gasteiger partial charge in [0, 0.05) is 5.56 Å². The molecule has 0 N–H and O–H groups in total. The van der Waals surface area contributed by atoms with Crippen LogP contribution in [0.25, 0.3) is 0 Å². The lowest BCUT2D eigenvalue weighted by Crippen LogP contribution is -2.24. The van der Waals surface area contributed by atoms with E-state index in [4.69, 9.17) is 4.74 Å². The molecule has 0 aromatic heterocycles. The first-order valence-corrected chi connectivity index (χ1v) is 7.63. The largest absolute Gasteiger partial charge is 0.494 e. The van der Waals surface area contributed by atoms with E-state index in [1.807, 2.05) is 0 Å². The van der Waals surface area contributed by atoms with Crippen LogP contribution in [0.1, 0.15) is 18.9 Å². The van der Waals surface area contributed by atoms with Crippen LogP contribution in [-0.2, 0) is 25.1 Å². The molecular formula is C13H17FO5S. The molecule has 0 saturated heterocycles. The molecule has 0 aliphatic rings. The van der Waals surface area contributed by atoms with E-state index < -0.39 is 32.6 Å². The first kappa shape index (κ1) is 16.4. The van der Waals surface area contributed by atoms with Crippen LogP contribution < -0.4 is 4.74 Å². The lowest BCUT2D eigenvalue weighted by Gasteiger charge is -2.13. The first-order valence-electron chi connectivity index (χ1n) is 5.91. The fourth-order valence-electron chi connectivity index (χ4n) is 1.63. The Morgan fingerprint density at radius 2 is 2.00 bits per heavy atom. The number of carbonyl (C=O) groups is 1. The van der Waals surface area contributed by atoms with Crippen molar-refractivity contribution in [1.29, 1.82) is 0 Å². The van der Waals surface area contributed by atoms with Crippen LogP contribution in [0.4, 0.5) is 4.39 Å². The van der Waals surface area contributed by atoms with Gasteiger partial charge in [-0.05, 0) is 13.0 Å². The molecule has 1 atom stereocenters. The van der Waals surface area contributed by atoms with Crippen LogP contribution >= 0.6 is 0 Å². The van der Waals surface area contributed by atoms with Crippen LogP contribution in [-0.4, -0.2) is 33.9 Å². The Balaban J connectivity index is 2.94. The molecule has 0 heterocycles. The molecule has 112 valence electrons. The second-order valence-electron chi connectivity index (χ2n) is 4.33. The predicted octanol–water partition coefficient (Wildman–Crippen LogP) is 1.70. The Morgan fingerprint density at radius 3 is 2.55 bits per heavy atom. The number of benzene rings is 1. The summed E-state index contributed by atoms with van der Waals surface area (Å²) in [5.41, 5.74) is 0.0149. The topological polar surface area (TPSA) is 69.7 Å². The molecule has 5 nitrogen and oxygen atoms in total. The van der Waals surface area contributed by atoms with Gasteiger partial charge >= 0.3 is 5.97 Å². The van der Waals surface area contributed by atoms with Gasteiger partial charge in [-0.2, -0.15) is 0 Å². The van der Waals surface area contributed by atoms with Crippen molar-refractivity contribution >= 4 is 15.8 Å². The van der Waals surface area contributed by atoms with Gasteiger partial charge in [-0.3, -0.25) is 4.79 Å². The molecule has 0 saturated carbocycles. The van der Waals surface area contributed by atoms with Crippen molar-refractivity contribution in [2.45, 2.75) is 24.3 Å². The lowest BCUT2D eigenvalue weighted by atomic mass is 10.2. The van der Waals surface area contributed by atoms with Gasteiger partial charge in [-0.1, -0.05) is 12.1 Å². The molecule has 0 aliphatic carbocycles. The van der Waals surface area contributed by atoms with Crippen molar-refractivity contribution in [1.82, 2.24) is 0 Å². The molecule has 1 unspecified atom stereocenters. The number of ether oxygens (including phenoxy) is 2. The Labute approximate surface area is 117 Å². The average molecular weight is 304 g/mol. The minimum absolute atomic E-state index is 0.0149. The molecule has 7 heteroatoms. The predicted molar refractivity (Wildman–Crippen MR) is 71.7 cm³/mol. The van der Waals surface area contributed by atoms with Gasteiger partial charge in [0.2, 0.25) is 0 Å². The zero-order chi connectivity index (χ0) is 15.3. The van der Waals surface area contributed by atoms with Crippen molar-refractivity contribution in [2.75, 3.05) is 14.2 Å². The van der Waals surface area contributed by atoms with E-state index in [1.54, 1.807) is 0 Å². The SMILES string of the molecule is COC(=O)CC(C)S(=O)(=O)Cc1cccc(OC)c1F. The quantitative estimate of drug-likeness (QED) is 0.748. The van der Waals surface area contributed by atoms with Crippen molar-refractivity contribution in [2.24, 2.45) is 0 Å². The Bertz CT molecular complexity index is 582. The van der Waals surface area contributed by atoms with Gasteiger partial charge in [-0.25, -0.2) is 12.8 Å². The summed E-state index contributed by atoms with van der Waals surface area (Å²) >= 11 is 0. The molecule has 1 aromatic rings.